The molecular weight excluding hydrogens is 238 g/mol. The summed E-state index contributed by atoms with van der Waals surface area (Å²) in [5, 5.41) is 3.02. The van der Waals surface area contributed by atoms with Crippen molar-refractivity contribution in [2.45, 2.75) is 12.1 Å². The molecule has 2 rings (SSSR count). The van der Waals surface area contributed by atoms with E-state index in [9.17, 15) is 8.78 Å². The van der Waals surface area contributed by atoms with Gasteiger partial charge in [0, 0.05) is 18.7 Å². The van der Waals surface area contributed by atoms with E-state index >= 15 is 0 Å². The monoisotopic (exact) mass is 256 g/mol. The van der Waals surface area contributed by atoms with E-state index in [1.807, 2.05) is 19.0 Å². The molecule has 1 aromatic rings. The molecule has 3 nitrogen and oxygen atoms in total. The van der Waals surface area contributed by atoms with Crippen LogP contribution in [-0.4, -0.2) is 44.8 Å². The van der Waals surface area contributed by atoms with Gasteiger partial charge in [0.15, 0.2) is 0 Å². The maximum absolute atomic E-state index is 13.9. The zero-order valence-corrected chi connectivity index (χ0v) is 10.6. The third kappa shape index (κ3) is 2.68. The summed E-state index contributed by atoms with van der Waals surface area (Å²) in [6, 6.07) is 3.30. The molecule has 2 unspecified atom stereocenters. The topological polar surface area (TPSA) is 24.5 Å². The number of nitrogens with zero attached hydrogens (tertiary/aromatic N) is 1. The summed E-state index contributed by atoms with van der Waals surface area (Å²) in [5.41, 5.74) is 0.359. The Bertz CT molecular complexity index is 412. The summed E-state index contributed by atoms with van der Waals surface area (Å²) in [5.74, 6) is -0.812. The average Bonchev–Trinajstić information content (AvgIpc) is 2.34. The number of likely N-dealkylation sites (N-methyl/N-ethyl adjacent to an activating group) is 2. The molecule has 0 spiro atoms. The number of hydrogen-bond acceptors (Lipinski definition) is 3. The number of hydrogen-bond donors (Lipinski definition) is 1. The van der Waals surface area contributed by atoms with Gasteiger partial charge in [0.05, 0.1) is 18.8 Å². The van der Waals surface area contributed by atoms with E-state index in [1.54, 1.807) is 0 Å². The van der Waals surface area contributed by atoms with Crippen molar-refractivity contribution in [2.75, 3.05) is 33.8 Å². The molecular formula is C13H18F2N2O. The van der Waals surface area contributed by atoms with Crippen molar-refractivity contribution in [2.24, 2.45) is 0 Å². The van der Waals surface area contributed by atoms with Crippen LogP contribution in [-0.2, 0) is 4.74 Å². The molecule has 1 aliphatic rings. The molecule has 0 bridgehead atoms. The molecule has 1 heterocycles. The molecule has 100 valence electrons. The Morgan fingerprint density at radius 1 is 1.44 bits per heavy atom. The standard InChI is InChI=1S/C13H18F2N2O/c1-16-8-12-13(17(2)5-6-18-12)10-7-9(14)3-4-11(10)15/h3-4,7,12-13,16H,5-6,8H2,1-2H3. The van der Waals surface area contributed by atoms with Crippen LogP contribution in [0, 0.1) is 11.6 Å². The minimum atomic E-state index is -0.423. The van der Waals surface area contributed by atoms with Crippen LogP contribution >= 0.6 is 0 Å². The normalized spacial score (nSPS) is 25.3. The summed E-state index contributed by atoms with van der Waals surface area (Å²) in [7, 11) is 3.72. The van der Waals surface area contributed by atoms with Gasteiger partial charge < -0.3 is 10.1 Å². The van der Waals surface area contributed by atoms with Crippen molar-refractivity contribution in [3.63, 3.8) is 0 Å². The van der Waals surface area contributed by atoms with E-state index in [2.05, 4.69) is 5.32 Å². The van der Waals surface area contributed by atoms with Crippen LogP contribution in [0.5, 0.6) is 0 Å². The molecule has 0 aromatic heterocycles. The molecule has 0 amide bonds. The Balaban J connectivity index is 2.33. The Labute approximate surface area is 106 Å². The summed E-state index contributed by atoms with van der Waals surface area (Å²) in [4.78, 5) is 2.00. The maximum atomic E-state index is 13.9. The molecule has 5 heteroatoms. The predicted octanol–water partition coefficient (Wildman–Crippen LogP) is 1.56. The minimum absolute atomic E-state index is 0.176. The van der Waals surface area contributed by atoms with Gasteiger partial charge in [-0.2, -0.15) is 0 Å². The molecule has 1 saturated heterocycles. The first-order chi connectivity index (χ1) is 8.63. The lowest BCUT2D eigenvalue weighted by molar-refractivity contribution is -0.0617. The quantitative estimate of drug-likeness (QED) is 0.888. The fourth-order valence-corrected chi connectivity index (χ4v) is 2.41. The fraction of sp³-hybridized carbons (Fsp3) is 0.538. The van der Waals surface area contributed by atoms with Crippen molar-refractivity contribution in [3.05, 3.63) is 35.4 Å². The first-order valence-corrected chi connectivity index (χ1v) is 6.05. The van der Waals surface area contributed by atoms with E-state index in [1.165, 1.54) is 12.1 Å². The van der Waals surface area contributed by atoms with Crippen LogP contribution < -0.4 is 5.32 Å². The molecule has 1 aromatic carbocycles. The highest BCUT2D eigenvalue weighted by Crippen LogP contribution is 2.30. The van der Waals surface area contributed by atoms with Gasteiger partial charge in [-0.25, -0.2) is 8.78 Å². The second-order valence-electron chi connectivity index (χ2n) is 4.56. The van der Waals surface area contributed by atoms with Gasteiger partial charge in [0.25, 0.3) is 0 Å². The molecule has 18 heavy (non-hydrogen) atoms. The second-order valence-corrected chi connectivity index (χ2v) is 4.56. The van der Waals surface area contributed by atoms with Crippen LogP contribution in [0.1, 0.15) is 11.6 Å². The smallest absolute Gasteiger partial charge is 0.128 e. The van der Waals surface area contributed by atoms with Gasteiger partial charge in [-0.3, -0.25) is 4.90 Å². The van der Waals surface area contributed by atoms with Crippen LogP contribution in [0.4, 0.5) is 8.78 Å². The average molecular weight is 256 g/mol. The van der Waals surface area contributed by atoms with Crippen molar-refractivity contribution in [1.82, 2.24) is 10.2 Å². The van der Waals surface area contributed by atoms with Crippen molar-refractivity contribution < 1.29 is 13.5 Å². The lowest BCUT2D eigenvalue weighted by atomic mass is 9.97. The largest absolute Gasteiger partial charge is 0.374 e. The second kappa shape index (κ2) is 5.73. The zero-order valence-electron chi connectivity index (χ0n) is 10.6. The van der Waals surface area contributed by atoms with E-state index < -0.39 is 5.82 Å². The lowest BCUT2D eigenvalue weighted by Gasteiger charge is -2.39. The van der Waals surface area contributed by atoms with Crippen LogP contribution in [0.2, 0.25) is 0 Å². The van der Waals surface area contributed by atoms with Crippen molar-refractivity contribution in [3.8, 4) is 0 Å². The molecule has 1 aliphatic heterocycles. The van der Waals surface area contributed by atoms with Gasteiger partial charge >= 0.3 is 0 Å². The SMILES string of the molecule is CNCC1OCCN(C)C1c1cc(F)ccc1F. The van der Waals surface area contributed by atoms with E-state index in [4.69, 9.17) is 4.74 Å². The van der Waals surface area contributed by atoms with E-state index in [0.717, 1.165) is 6.07 Å². The van der Waals surface area contributed by atoms with Crippen molar-refractivity contribution >= 4 is 0 Å². The zero-order chi connectivity index (χ0) is 13.1. The number of ether oxygens (including phenoxy) is 1. The van der Waals surface area contributed by atoms with Gasteiger partial charge in [-0.15, -0.1) is 0 Å². The fourth-order valence-electron chi connectivity index (χ4n) is 2.41. The first-order valence-electron chi connectivity index (χ1n) is 6.05. The first kappa shape index (κ1) is 13.4. The summed E-state index contributed by atoms with van der Waals surface area (Å²) < 4.78 is 32.8. The number of benzene rings is 1. The molecule has 0 saturated carbocycles. The van der Waals surface area contributed by atoms with Crippen molar-refractivity contribution in [1.29, 1.82) is 0 Å². The van der Waals surface area contributed by atoms with Gasteiger partial charge in [-0.05, 0) is 32.3 Å². The van der Waals surface area contributed by atoms with Crippen LogP contribution in [0.15, 0.2) is 18.2 Å². The Morgan fingerprint density at radius 2 is 2.22 bits per heavy atom. The van der Waals surface area contributed by atoms with Gasteiger partial charge in [0.1, 0.15) is 11.6 Å². The van der Waals surface area contributed by atoms with Gasteiger partial charge in [0.2, 0.25) is 0 Å². The Kier molecular flexibility index (Phi) is 4.27. The minimum Gasteiger partial charge on any atom is -0.374 e. The number of halogens is 2. The van der Waals surface area contributed by atoms with Crippen LogP contribution in [0.3, 0.4) is 0 Å². The Hall–Kier alpha value is -1.04. The van der Waals surface area contributed by atoms with E-state index in [-0.39, 0.29) is 18.0 Å². The predicted molar refractivity (Wildman–Crippen MR) is 65.4 cm³/mol. The maximum Gasteiger partial charge on any atom is 0.128 e. The highest BCUT2D eigenvalue weighted by molar-refractivity contribution is 5.24. The van der Waals surface area contributed by atoms with Crippen LogP contribution in [0.25, 0.3) is 0 Å². The van der Waals surface area contributed by atoms with Gasteiger partial charge in [-0.1, -0.05) is 0 Å². The number of rotatable bonds is 3. The third-order valence-corrected chi connectivity index (χ3v) is 3.28. The molecule has 0 aliphatic carbocycles. The number of nitrogens with one attached hydrogen (secondary N) is 1. The lowest BCUT2D eigenvalue weighted by Crippen LogP contribution is -2.47. The Morgan fingerprint density at radius 3 is 2.94 bits per heavy atom. The molecule has 1 fully saturated rings. The highest BCUT2D eigenvalue weighted by atomic mass is 19.1. The summed E-state index contributed by atoms with van der Waals surface area (Å²) >= 11 is 0. The molecule has 0 radical (unpaired) electrons. The third-order valence-electron chi connectivity index (χ3n) is 3.28. The van der Waals surface area contributed by atoms with E-state index in [0.29, 0.717) is 25.3 Å². The summed E-state index contributed by atoms with van der Waals surface area (Å²) in [6.07, 6.45) is -0.176. The molecule has 1 N–H and O–H groups in total. The highest BCUT2D eigenvalue weighted by Gasteiger charge is 2.33. The molecule has 2 atom stereocenters. The summed E-state index contributed by atoms with van der Waals surface area (Å²) in [6.45, 7) is 1.92. The number of morpholine rings is 1.